The predicted molar refractivity (Wildman–Crippen MR) is 108 cm³/mol. The summed E-state index contributed by atoms with van der Waals surface area (Å²) in [5, 5.41) is 1.08. The largest absolute Gasteiger partial charge is 0.382 e. The molecule has 0 aliphatic heterocycles. The molecule has 0 spiro atoms. The summed E-state index contributed by atoms with van der Waals surface area (Å²) in [5.41, 5.74) is 8.82. The van der Waals surface area contributed by atoms with Gasteiger partial charge in [0, 0.05) is 31.4 Å². The minimum Gasteiger partial charge on any atom is -0.382 e. The van der Waals surface area contributed by atoms with Crippen LogP contribution in [0.4, 0.5) is 5.82 Å². The van der Waals surface area contributed by atoms with Gasteiger partial charge in [-0.25, -0.2) is 9.97 Å². The molecule has 6 nitrogen and oxygen atoms in total. The molecule has 1 aromatic carbocycles. The molecule has 0 radical (unpaired) electrons. The quantitative estimate of drug-likeness (QED) is 0.675. The molecule has 1 aliphatic rings. The van der Waals surface area contributed by atoms with Crippen LogP contribution in [0.3, 0.4) is 0 Å². The van der Waals surface area contributed by atoms with Crippen LogP contribution in [0.5, 0.6) is 0 Å². The summed E-state index contributed by atoms with van der Waals surface area (Å²) in [4.78, 5) is 23.0. The first-order chi connectivity index (χ1) is 13.1. The van der Waals surface area contributed by atoms with Crippen molar-refractivity contribution in [3.05, 3.63) is 30.6 Å². The number of benzene rings is 1. The number of hydrogen-bond acceptors (Lipinski definition) is 4. The Hall–Kier alpha value is -2.63. The van der Waals surface area contributed by atoms with E-state index in [0.717, 1.165) is 60.7 Å². The molecule has 2 heterocycles. The zero-order chi connectivity index (χ0) is 18.8. The summed E-state index contributed by atoms with van der Waals surface area (Å²) >= 11 is 0. The molecule has 0 unspecified atom stereocenters. The van der Waals surface area contributed by atoms with Crippen LogP contribution in [0.15, 0.2) is 30.6 Å². The second-order valence-electron chi connectivity index (χ2n) is 7.51. The minimum atomic E-state index is 0.208. The lowest BCUT2D eigenvalue weighted by Crippen LogP contribution is -2.38. The van der Waals surface area contributed by atoms with Gasteiger partial charge in [-0.15, -0.1) is 0 Å². The van der Waals surface area contributed by atoms with Crippen molar-refractivity contribution in [3.63, 3.8) is 0 Å². The SMILES string of the molecule is CC(=O)N(CCCCn1cnc2c(N)nc3ccccc3c21)C1CCCC1. The molecule has 142 valence electrons. The van der Waals surface area contributed by atoms with Crippen molar-refractivity contribution >= 4 is 33.7 Å². The summed E-state index contributed by atoms with van der Waals surface area (Å²) in [5.74, 6) is 0.686. The highest BCUT2D eigenvalue weighted by Crippen LogP contribution is 2.27. The Morgan fingerprint density at radius 2 is 2.04 bits per heavy atom. The molecule has 0 bridgehead atoms. The lowest BCUT2D eigenvalue weighted by Gasteiger charge is -2.27. The molecule has 27 heavy (non-hydrogen) atoms. The number of carbonyl (C=O) groups is 1. The highest BCUT2D eigenvalue weighted by molar-refractivity contribution is 6.06. The maximum Gasteiger partial charge on any atom is 0.219 e. The smallest absolute Gasteiger partial charge is 0.219 e. The van der Waals surface area contributed by atoms with Gasteiger partial charge >= 0.3 is 0 Å². The number of carbonyl (C=O) groups excluding carboxylic acids is 1. The Balaban J connectivity index is 1.47. The Morgan fingerprint density at radius 3 is 2.81 bits per heavy atom. The Kier molecular flexibility index (Phi) is 4.97. The van der Waals surface area contributed by atoms with Crippen molar-refractivity contribution in [1.82, 2.24) is 19.4 Å². The van der Waals surface area contributed by atoms with Crippen molar-refractivity contribution in [1.29, 1.82) is 0 Å². The molecule has 1 saturated carbocycles. The predicted octanol–water partition coefficient (Wildman–Crippen LogP) is 3.74. The van der Waals surface area contributed by atoms with E-state index in [1.54, 1.807) is 6.92 Å². The third-order valence-corrected chi connectivity index (χ3v) is 5.70. The summed E-state index contributed by atoms with van der Waals surface area (Å²) < 4.78 is 2.17. The van der Waals surface area contributed by atoms with E-state index in [2.05, 4.69) is 25.5 Å². The first kappa shape index (κ1) is 17.8. The van der Waals surface area contributed by atoms with Crippen LogP contribution in [0.25, 0.3) is 21.9 Å². The minimum absolute atomic E-state index is 0.208. The van der Waals surface area contributed by atoms with Gasteiger partial charge in [-0.05, 0) is 31.7 Å². The van der Waals surface area contributed by atoms with Gasteiger partial charge in [-0.3, -0.25) is 4.79 Å². The summed E-state index contributed by atoms with van der Waals surface area (Å²) in [7, 11) is 0. The van der Waals surface area contributed by atoms with Crippen LogP contribution >= 0.6 is 0 Å². The number of nitrogen functional groups attached to an aromatic ring is 1. The number of aromatic nitrogens is 3. The Morgan fingerprint density at radius 1 is 1.26 bits per heavy atom. The number of amides is 1. The topological polar surface area (TPSA) is 77.0 Å². The van der Waals surface area contributed by atoms with E-state index in [-0.39, 0.29) is 5.91 Å². The average molecular weight is 365 g/mol. The van der Waals surface area contributed by atoms with Crippen molar-refractivity contribution in [2.45, 2.75) is 58.0 Å². The lowest BCUT2D eigenvalue weighted by molar-refractivity contribution is -0.131. The van der Waals surface area contributed by atoms with Crippen molar-refractivity contribution in [3.8, 4) is 0 Å². The molecule has 2 aromatic heterocycles. The van der Waals surface area contributed by atoms with Gasteiger partial charge in [0.15, 0.2) is 5.82 Å². The highest BCUT2D eigenvalue weighted by Gasteiger charge is 2.23. The molecule has 6 heteroatoms. The fraction of sp³-hybridized carbons (Fsp3) is 0.476. The number of nitrogens with two attached hydrogens (primary N) is 1. The number of imidazole rings is 1. The second kappa shape index (κ2) is 7.55. The van der Waals surface area contributed by atoms with Crippen LogP contribution in [-0.2, 0) is 11.3 Å². The zero-order valence-corrected chi connectivity index (χ0v) is 15.9. The van der Waals surface area contributed by atoms with Crippen molar-refractivity contribution < 1.29 is 4.79 Å². The molecule has 0 atom stereocenters. The number of unbranched alkanes of at least 4 members (excludes halogenated alkanes) is 1. The number of anilines is 1. The lowest BCUT2D eigenvalue weighted by atomic mass is 10.1. The van der Waals surface area contributed by atoms with Gasteiger partial charge in [-0.2, -0.15) is 0 Å². The van der Waals surface area contributed by atoms with E-state index in [4.69, 9.17) is 5.73 Å². The number of aryl methyl sites for hydroxylation is 1. The van der Waals surface area contributed by atoms with Gasteiger partial charge in [0.05, 0.1) is 17.4 Å². The van der Waals surface area contributed by atoms with Crippen molar-refractivity contribution in [2.24, 2.45) is 0 Å². The monoisotopic (exact) mass is 365 g/mol. The van der Waals surface area contributed by atoms with E-state index < -0.39 is 0 Å². The summed E-state index contributed by atoms with van der Waals surface area (Å²) in [6.07, 6.45) is 8.66. The molecule has 0 saturated heterocycles. The van der Waals surface area contributed by atoms with E-state index in [9.17, 15) is 4.79 Å². The fourth-order valence-electron chi connectivity index (χ4n) is 4.35. The second-order valence-corrected chi connectivity index (χ2v) is 7.51. The number of hydrogen-bond donors (Lipinski definition) is 1. The Bertz CT molecular complexity index is 958. The number of nitrogens with zero attached hydrogens (tertiary/aromatic N) is 4. The van der Waals surface area contributed by atoms with Gasteiger partial charge in [0.25, 0.3) is 0 Å². The Labute approximate surface area is 159 Å². The maximum atomic E-state index is 12.0. The number of para-hydroxylation sites is 1. The van der Waals surface area contributed by atoms with Gasteiger partial charge in [-0.1, -0.05) is 31.0 Å². The molecule has 3 aromatic rings. The van der Waals surface area contributed by atoms with E-state index in [1.165, 1.54) is 12.8 Å². The fourth-order valence-corrected chi connectivity index (χ4v) is 4.35. The molecule has 1 amide bonds. The first-order valence-electron chi connectivity index (χ1n) is 9.91. The number of fused-ring (bicyclic) bond motifs is 3. The molecule has 1 fully saturated rings. The third-order valence-electron chi connectivity index (χ3n) is 5.70. The summed E-state index contributed by atoms with van der Waals surface area (Å²) in [6, 6.07) is 8.49. The molecule has 2 N–H and O–H groups in total. The molecule has 1 aliphatic carbocycles. The van der Waals surface area contributed by atoms with Crippen LogP contribution in [0.2, 0.25) is 0 Å². The maximum absolute atomic E-state index is 12.0. The molecular weight excluding hydrogens is 338 g/mol. The van der Waals surface area contributed by atoms with Crippen LogP contribution in [0, 0.1) is 0 Å². The first-order valence-corrected chi connectivity index (χ1v) is 9.91. The molecule has 4 rings (SSSR count). The van der Waals surface area contributed by atoms with Crippen molar-refractivity contribution in [2.75, 3.05) is 12.3 Å². The van der Waals surface area contributed by atoms with E-state index in [0.29, 0.717) is 11.9 Å². The average Bonchev–Trinajstić information content (AvgIpc) is 3.32. The van der Waals surface area contributed by atoms with Crippen LogP contribution in [0.1, 0.15) is 45.4 Å². The van der Waals surface area contributed by atoms with Gasteiger partial charge < -0.3 is 15.2 Å². The standard InChI is InChI=1S/C21H27N5O/c1-15(27)26(16-8-2-3-9-16)13-7-6-12-25-14-23-19-20(25)17-10-4-5-11-18(17)24-21(19)22/h4-5,10-11,14,16H,2-3,6-9,12-13H2,1H3,(H2,22,24). The zero-order valence-electron chi connectivity index (χ0n) is 15.9. The van der Waals surface area contributed by atoms with E-state index >= 15 is 0 Å². The number of rotatable bonds is 6. The third kappa shape index (κ3) is 3.48. The van der Waals surface area contributed by atoms with Crippen LogP contribution in [-0.4, -0.2) is 37.9 Å². The van der Waals surface area contributed by atoms with Gasteiger partial charge in [0.2, 0.25) is 5.91 Å². The van der Waals surface area contributed by atoms with Crippen LogP contribution < -0.4 is 5.73 Å². The normalized spacial score (nSPS) is 15.0. The highest BCUT2D eigenvalue weighted by atomic mass is 16.2. The summed E-state index contributed by atoms with van der Waals surface area (Å²) in [6.45, 7) is 3.40. The molecular formula is C21H27N5O. The van der Waals surface area contributed by atoms with Gasteiger partial charge in [0.1, 0.15) is 5.52 Å². The van der Waals surface area contributed by atoms with E-state index in [1.807, 2.05) is 24.5 Å². The number of pyridine rings is 1.